The summed E-state index contributed by atoms with van der Waals surface area (Å²) in [6.07, 6.45) is 0. The molecule has 0 aliphatic carbocycles. The quantitative estimate of drug-likeness (QED) is 0.760. The van der Waals surface area contributed by atoms with Crippen LogP contribution < -0.4 is 5.73 Å². The minimum absolute atomic E-state index is 0.00271. The summed E-state index contributed by atoms with van der Waals surface area (Å²) >= 11 is 6.07. The molecule has 17 heavy (non-hydrogen) atoms. The zero-order valence-corrected chi connectivity index (χ0v) is 10.0. The maximum Gasteiger partial charge on any atom is 0.338 e. The average molecular weight is 255 g/mol. The number of nitrogens with two attached hydrogens (primary N) is 1. The van der Waals surface area contributed by atoms with Gasteiger partial charge in [0.05, 0.1) is 21.7 Å². The molecule has 2 rings (SSSR count). The molecule has 0 bridgehead atoms. The van der Waals surface area contributed by atoms with Gasteiger partial charge in [0, 0.05) is 0 Å². The van der Waals surface area contributed by atoms with Crippen LogP contribution in [0.15, 0.2) is 0 Å². The summed E-state index contributed by atoms with van der Waals surface area (Å²) in [4.78, 5) is 15.5. The van der Waals surface area contributed by atoms with E-state index in [4.69, 9.17) is 17.3 Å². The van der Waals surface area contributed by atoms with Crippen molar-refractivity contribution in [3.63, 3.8) is 0 Å². The van der Waals surface area contributed by atoms with Crippen LogP contribution >= 0.6 is 11.6 Å². The van der Waals surface area contributed by atoms with Gasteiger partial charge in [0.1, 0.15) is 5.82 Å². The number of aromatic nitrogens is 3. The van der Waals surface area contributed by atoms with Gasteiger partial charge in [0.15, 0.2) is 5.65 Å². The minimum atomic E-state index is -1.14. The monoisotopic (exact) mass is 254 g/mol. The van der Waals surface area contributed by atoms with E-state index in [9.17, 15) is 9.90 Å². The normalized spacial score (nSPS) is 11.3. The van der Waals surface area contributed by atoms with Crippen LogP contribution in [-0.2, 0) is 0 Å². The second-order valence-corrected chi connectivity index (χ2v) is 4.36. The van der Waals surface area contributed by atoms with Gasteiger partial charge in [-0.3, -0.25) is 5.10 Å². The van der Waals surface area contributed by atoms with Crippen LogP contribution in [0.25, 0.3) is 11.0 Å². The summed E-state index contributed by atoms with van der Waals surface area (Å²) in [5, 5.41) is 15.9. The molecule has 0 amide bonds. The summed E-state index contributed by atoms with van der Waals surface area (Å²) in [6.45, 7) is 3.75. The fourth-order valence-corrected chi connectivity index (χ4v) is 2.09. The van der Waals surface area contributed by atoms with Crippen molar-refractivity contribution in [1.82, 2.24) is 15.2 Å². The Hall–Kier alpha value is -1.82. The molecule has 0 fully saturated rings. The summed E-state index contributed by atoms with van der Waals surface area (Å²) in [5.41, 5.74) is 6.35. The van der Waals surface area contributed by atoms with Crippen molar-refractivity contribution in [3.05, 3.63) is 16.3 Å². The van der Waals surface area contributed by atoms with Crippen molar-refractivity contribution in [3.8, 4) is 0 Å². The van der Waals surface area contributed by atoms with Gasteiger partial charge in [-0.05, 0) is 5.92 Å². The first-order valence-corrected chi connectivity index (χ1v) is 5.37. The fourth-order valence-electron chi connectivity index (χ4n) is 1.66. The van der Waals surface area contributed by atoms with E-state index in [0.29, 0.717) is 5.69 Å². The molecule has 0 unspecified atom stereocenters. The summed E-state index contributed by atoms with van der Waals surface area (Å²) in [7, 11) is 0. The number of hydrogen-bond acceptors (Lipinski definition) is 4. The maximum absolute atomic E-state index is 11.3. The van der Waals surface area contributed by atoms with E-state index >= 15 is 0 Å². The molecule has 2 aromatic heterocycles. The van der Waals surface area contributed by atoms with E-state index in [1.807, 2.05) is 13.8 Å². The van der Waals surface area contributed by atoms with Crippen LogP contribution in [0.1, 0.15) is 35.8 Å². The molecule has 90 valence electrons. The molecule has 0 atom stereocenters. The Bertz CT molecular complexity index is 606. The van der Waals surface area contributed by atoms with E-state index in [0.717, 1.165) is 0 Å². The number of carboxylic acid groups (broad SMARTS) is 1. The average Bonchev–Trinajstić information content (AvgIpc) is 2.58. The molecule has 0 spiro atoms. The van der Waals surface area contributed by atoms with Crippen molar-refractivity contribution < 1.29 is 9.90 Å². The number of pyridine rings is 1. The lowest BCUT2D eigenvalue weighted by Crippen LogP contribution is -2.05. The minimum Gasteiger partial charge on any atom is -0.478 e. The molecule has 0 saturated carbocycles. The van der Waals surface area contributed by atoms with Crippen LogP contribution in [-0.4, -0.2) is 26.3 Å². The van der Waals surface area contributed by atoms with Gasteiger partial charge in [-0.2, -0.15) is 5.10 Å². The number of rotatable bonds is 2. The number of nitrogens with one attached hydrogen (secondary N) is 1. The van der Waals surface area contributed by atoms with Gasteiger partial charge < -0.3 is 10.8 Å². The number of carbonyl (C=O) groups is 1. The number of fused-ring (bicyclic) bond motifs is 1. The first-order valence-electron chi connectivity index (χ1n) is 4.99. The molecule has 0 aliphatic rings. The maximum atomic E-state index is 11.3. The highest BCUT2D eigenvalue weighted by molar-refractivity contribution is 6.36. The third-order valence-corrected chi connectivity index (χ3v) is 2.84. The van der Waals surface area contributed by atoms with Gasteiger partial charge in [0.25, 0.3) is 0 Å². The van der Waals surface area contributed by atoms with E-state index < -0.39 is 5.97 Å². The first kappa shape index (κ1) is 11.7. The summed E-state index contributed by atoms with van der Waals surface area (Å²) in [5.74, 6) is -0.984. The van der Waals surface area contributed by atoms with Crippen LogP contribution in [0, 0.1) is 0 Å². The largest absolute Gasteiger partial charge is 0.478 e. The van der Waals surface area contributed by atoms with Crippen molar-refractivity contribution in [1.29, 1.82) is 0 Å². The highest BCUT2D eigenvalue weighted by Crippen LogP contribution is 2.33. The van der Waals surface area contributed by atoms with Crippen molar-refractivity contribution >= 4 is 34.4 Å². The zero-order valence-electron chi connectivity index (χ0n) is 9.28. The second kappa shape index (κ2) is 3.89. The first-order chi connectivity index (χ1) is 7.93. The van der Waals surface area contributed by atoms with Gasteiger partial charge >= 0.3 is 5.97 Å². The van der Waals surface area contributed by atoms with Gasteiger partial charge in [-0.15, -0.1) is 0 Å². The third kappa shape index (κ3) is 1.70. The smallest absolute Gasteiger partial charge is 0.338 e. The standard InChI is InChI=1S/C10H11ClN4O2/c1-3(2)7-6(11)4(10(16)17)5-8(12)14-15-9(5)13-7/h3H,1-2H3,(H,16,17)(H3,12,13,14,15). The zero-order chi connectivity index (χ0) is 12.7. The summed E-state index contributed by atoms with van der Waals surface area (Å²) < 4.78 is 0. The predicted octanol–water partition coefficient (Wildman–Crippen LogP) is 2.02. The van der Waals surface area contributed by atoms with E-state index in [2.05, 4.69) is 15.2 Å². The molecule has 0 saturated heterocycles. The number of nitrogen functional groups attached to an aromatic ring is 1. The number of aromatic carboxylic acids is 1. The number of carboxylic acids is 1. The Morgan fingerprint density at radius 1 is 1.53 bits per heavy atom. The number of anilines is 1. The molecule has 4 N–H and O–H groups in total. The van der Waals surface area contributed by atoms with Crippen LogP contribution in [0.2, 0.25) is 5.02 Å². The van der Waals surface area contributed by atoms with Crippen LogP contribution in [0.5, 0.6) is 0 Å². The van der Waals surface area contributed by atoms with Crippen molar-refractivity contribution in [2.75, 3.05) is 5.73 Å². The molecule has 2 heterocycles. The number of hydrogen-bond donors (Lipinski definition) is 3. The SMILES string of the molecule is CC(C)c1nc2n[nH]c(N)c2c(C(=O)O)c1Cl. The van der Waals surface area contributed by atoms with Crippen LogP contribution in [0.4, 0.5) is 5.82 Å². The number of nitrogens with zero attached hydrogens (tertiary/aromatic N) is 2. The fraction of sp³-hybridized carbons (Fsp3) is 0.300. The van der Waals surface area contributed by atoms with Crippen LogP contribution in [0.3, 0.4) is 0 Å². The Balaban J connectivity index is 2.93. The van der Waals surface area contributed by atoms with E-state index in [1.54, 1.807) is 0 Å². The lowest BCUT2D eigenvalue weighted by atomic mass is 10.0. The van der Waals surface area contributed by atoms with Gasteiger partial charge in [0.2, 0.25) is 0 Å². The van der Waals surface area contributed by atoms with Crippen molar-refractivity contribution in [2.24, 2.45) is 0 Å². The lowest BCUT2D eigenvalue weighted by molar-refractivity contribution is 0.0699. The van der Waals surface area contributed by atoms with Crippen molar-refractivity contribution in [2.45, 2.75) is 19.8 Å². The summed E-state index contributed by atoms with van der Waals surface area (Å²) in [6, 6.07) is 0. The lowest BCUT2D eigenvalue weighted by Gasteiger charge is -2.09. The number of halogens is 1. The Morgan fingerprint density at radius 2 is 2.18 bits per heavy atom. The molecule has 2 aromatic rings. The predicted molar refractivity (Wildman–Crippen MR) is 64.4 cm³/mol. The Morgan fingerprint density at radius 3 is 2.71 bits per heavy atom. The highest BCUT2D eigenvalue weighted by Gasteiger charge is 2.23. The Labute approximate surface area is 102 Å². The molecular formula is C10H11ClN4O2. The number of aromatic amines is 1. The van der Waals surface area contributed by atoms with Gasteiger partial charge in [-0.1, -0.05) is 25.4 Å². The highest BCUT2D eigenvalue weighted by atomic mass is 35.5. The van der Waals surface area contributed by atoms with E-state index in [-0.39, 0.29) is 33.4 Å². The topological polar surface area (TPSA) is 105 Å². The Kier molecular flexibility index (Phi) is 2.66. The molecule has 7 heteroatoms. The van der Waals surface area contributed by atoms with E-state index in [1.165, 1.54) is 0 Å². The third-order valence-electron chi connectivity index (χ3n) is 2.46. The van der Waals surface area contributed by atoms with Gasteiger partial charge in [-0.25, -0.2) is 9.78 Å². The molecule has 6 nitrogen and oxygen atoms in total. The second-order valence-electron chi connectivity index (χ2n) is 3.98. The molecule has 0 radical (unpaired) electrons. The molecule has 0 aromatic carbocycles. The molecule has 0 aliphatic heterocycles. The number of H-pyrrole nitrogens is 1. The molecular weight excluding hydrogens is 244 g/mol.